The third kappa shape index (κ3) is 47.5. The Morgan fingerprint density at radius 1 is 0.220 bits per heavy atom. The predicted octanol–water partition coefficient (Wildman–Crippen LogP) is 4.46. The van der Waals surface area contributed by atoms with Gasteiger partial charge in [-0.3, -0.25) is 0 Å². The van der Waals surface area contributed by atoms with Crippen molar-refractivity contribution < 1.29 is 56.8 Å². The fraction of sp³-hybridized carbons (Fsp3) is 1.00. The molecule has 0 atom stereocenters. The first-order chi connectivity index (χ1) is 24.9. The molecule has 0 aromatic carbocycles. The van der Waals surface area contributed by atoms with Crippen molar-refractivity contribution in [2.45, 2.75) is 77.6 Å². The molecular formula is C37H77NO12. The van der Waals surface area contributed by atoms with Gasteiger partial charge in [0.15, 0.2) is 0 Å². The zero-order valence-corrected chi connectivity index (χ0v) is 31.9. The second kappa shape index (κ2) is 48.5. The lowest BCUT2D eigenvalue weighted by atomic mass is 10.1. The highest BCUT2D eigenvalue weighted by atomic mass is 16.6. The van der Waals surface area contributed by atoms with Gasteiger partial charge < -0.3 is 62.6 Å². The van der Waals surface area contributed by atoms with Crippen LogP contribution in [0.25, 0.3) is 0 Å². The van der Waals surface area contributed by atoms with Gasteiger partial charge in [-0.25, -0.2) is 0 Å². The van der Waals surface area contributed by atoms with Crippen LogP contribution in [0.1, 0.15) is 77.6 Å². The smallest absolute Gasteiger partial charge is 0.0701 e. The summed E-state index contributed by atoms with van der Waals surface area (Å²) in [4.78, 5) is 0. The van der Waals surface area contributed by atoms with E-state index in [1.807, 2.05) is 0 Å². The van der Waals surface area contributed by atoms with Gasteiger partial charge >= 0.3 is 0 Å². The van der Waals surface area contributed by atoms with Gasteiger partial charge in [-0.05, 0) is 6.42 Å². The molecule has 13 heteroatoms. The normalized spacial score (nSPS) is 11.6. The molecule has 50 heavy (non-hydrogen) atoms. The van der Waals surface area contributed by atoms with Gasteiger partial charge in [0.2, 0.25) is 0 Å². The minimum atomic E-state index is 0.517. The van der Waals surface area contributed by atoms with E-state index in [4.69, 9.17) is 62.6 Å². The zero-order chi connectivity index (χ0) is 35.9. The minimum Gasteiger partial charge on any atom is -0.379 e. The minimum absolute atomic E-state index is 0.517. The Morgan fingerprint density at radius 2 is 0.400 bits per heavy atom. The van der Waals surface area contributed by atoms with Gasteiger partial charge in [0.05, 0.1) is 152 Å². The summed E-state index contributed by atoms with van der Waals surface area (Å²) >= 11 is 0. The summed E-state index contributed by atoms with van der Waals surface area (Å²) in [5.74, 6) is 0. The molecule has 0 heterocycles. The maximum Gasteiger partial charge on any atom is 0.0701 e. The summed E-state index contributed by atoms with van der Waals surface area (Å²) in [6.07, 6.45) is 14.9. The Balaban J connectivity index is 3.04. The van der Waals surface area contributed by atoms with Crippen molar-refractivity contribution in [2.24, 2.45) is 5.73 Å². The number of nitrogens with two attached hydrogens (primary N) is 1. The zero-order valence-electron chi connectivity index (χ0n) is 31.9. The van der Waals surface area contributed by atoms with Crippen molar-refractivity contribution >= 4 is 0 Å². The molecule has 0 aromatic rings. The van der Waals surface area contributed by atoms with E-state index in [1.165, 1.54) is 64.2 Å². The van der Waals surface area contributed by atoms with Crippen molar-refractivity contribution in [1.82, 2.24) is 0 Å². The van der Waals surface area contributed by atoms with Gasteiger partial charge in [-0.15, -0.1) is 0 Å². The highest BCUT2D eigenvalue weighted by molar-refractivity contribution is 4.48. The molecule has 0 unspecified atom stereocenters. The van der Waals surface area contributed by atoms with Crippen LogP contribution >= 0.6 is 0 Å². The molecular weight excluding hydrogens is 650 g/mol. The molecule has 0 fully saturated rings. The van der Waals surface area contributed by atoms with Crippen molar-refractivity contribution in [3.05, 3.63) is 0 Å². The van der Waals surface area contributed by atoms with Gasteiger partial charge in [0.1, 0.15) is 0 Å². The fourth-order valence-corrected chi connectivity index (χ4v) is 4.47. The van der Waals surface area contributed by atoms with E-state index in [9.17, 15) is 0 Å². The van der Waals surface area contributed by atoms with Crippen molar-refractivity contribution in [2.75, 3.05) is 165 Å². The molecule has 0 bridgehead atoms. The van der Waals surface area contributed by atoms with Crippen LogP contribution in [0.4, 0.5) is 0 Å². The van der Waals surface area contributed by atoms with Gasteiger partial charge in [-0.2, -0.15) is 0 Å². The van der Waals surface area contributed by atoms with Crippen molar-refractivity contribution in [3.8, 4) is 0 Å². The van der Waals surface area contributed by atoms with Gasteiger partial charge in [0.25, 0.3) is 0 Å². The molecule has 0 rings (SSSR count). The SMILES string of the molecule is CCCCCCCCCCCCCOCCOCCOCCOCCOCCOCCOCCOCCOCCOCCOCCOCCN. The number of unbranched alkanes of at least 4 members (excludes halogenated alkanes) is 10. The summed E-state index contributed by atoms with van der Waals surface area (Å²) in [5.41, 5.74) is 5.34. The molecule has 0 aromatic heterocycles. The topological polar surface area (TPSA) is 137 Å². The molecule has 13 nitrogen and oxygen atoms in total. The molecule has 2 N–H and O–H groups in total. The van der Waals surface area contributed by atoms with E-state index in [0.717, 1.165) is 13.0 Å². The Labute approximate surface area is 305 Å². The average molecular weight is 728 g/mol. The number of hydrogen-bond donors (Lipinski definition) is 1. The summed E-state index contributed by atoms with van der Waals surface area (Å²) in [6, 6.07) is 0. The van der Waals surface area contributed by atoms with Crippen LogP contribution in [0.3, 0.4) is 0 Å². The highest BCUT2D eigenvalue weighted by Gasteiger charge is 1.98. The predicted molar refractivity (Wildman–Crippen MR) is 195 cm³/mol. The maximum absolute atomic E-state index is 5.66. The lowest BCUT2D eigenvalue weighted by Crippen LogP contribution is -2.15. The van der Waals surface area contributed by atoms with Crippen LogP contribution < -0.4 is 5.73 Å². The molecule has 302 valence electrons. The first-order valence-electron chi connectivity index (χ1n) is 19.5. The Bertz CT molecular complexity index is 535. The Kier molecular flexibility index (Phi) is 48.0. The van der Waals surface area contributed by atoms with E-state index in [1.54, 1.807) is 0 Å². The average Bonchev–Trinajstić information content (AvgIpc) is 3.13. The van der Waals surface area contributed by atoms with Crippen molar-refractivity contribution in [3.63, 3.8) is 0 Å². The van der Waals surface area contributed by atoms with E-state index in [0.29, 0.717) is 159 Å². The maximum atomic E-state index is 5.66. The lowest BCUT2D eigenvalue weighted by molar-refractivity contribution is -0.0283. The second-order valence-electron chi connectivity index (χ2n) is 11.7. The van der Waals surface area contributed by atoms with Crippen LogP contribution in [0, 0.1) is 0 Å². The fourth-order valence-electron chi connectivity index (χ4n) is 4.47. The number of ether oxygens (including phenoxy) is 12. The van der Waals surface area contributed by atoms with Crippen LogP contribution in [0.5, 0.6) is 0 Å². The molecule has 0 spiro atoms. The quantitative estimate of drug-likeness (QED) is 0.0885. The first-order valence-corrected chi connectivity index (χ1v) is 19.5. The molecule has 0 aliphatic heterocycles. The molecule has 0 radical (unpaired) electrons. The largest absolute Gasteiger partial charge is 0.379 e. The summed E-state index contributed by atoms with van der Waals surface area (Å²) in [5, 5.41) is 0. The lowest BCUT2D eigenvalue weighted by Gasteiger charge is -2.09. The number of hydrogen-bond acceptors (Lipinski definition) is 13. The third-order valence-electron chi connectivity index (χ3n) is 7.25. The Morgan fingerprint density at radius 3 is 0.620 bits per heavy atom. The molecule has 0 aliphatic rings. The van der Waals surface area contributed by atoms with Crippen molar-refractivity contribution in [1.29, 1.82) is 0 Å². The van der Waals surface area contributed by atoms with Crippen LogP contribution in [-0.4, -0.2) is 165 Å². The van der Waals surface area contributed by atoms with E-state index < -0.39 is 0 Å². The van der Waals surface area contributed by atoms with Crippen LogP contribution in [0.15, 0.2) is 0 Å². The van der Waals surface area contributed by atoms with Gasteiger partial charge in [-0.1, -0.05) is 71.1 Å². The molecule has 0 amide bonds. The highest BCUT2D eigenvalue weighted by Crippen LogP contribution is 2.11. The van der Waals surface area contributed by atoms with E-state index >= 15 is 0 Å². The molecule has 0 saturated carbocycles. The Hall–Kier alpha value is -0.520. The van der Waals surface area contributed by atoms with Crippen LogP contribution in [-0.2, 0) is 56.8 Å². The van der Waals surface area contributed by atoms with Gasteiger partial charge in [0, 0.05) is 13.2 Å². The summed E-state index contributed by atoms with van der Waals surface area (Å²) in [6.45, 7) is 16.1. The first kappa shape index (κ1) is 49.5. The molecule has 0 saturated heterocycles. The second-order valence-corrected chi connectivity index (χ2v) is 11.7. The molecule has 0 aliphatic carbocycles. The van der Waals surface area contributed by atoms with Crippen LogP contribution in [0.2, 0.25) is 0 Å². The van der Waals surface area contributed by atoms with E-state index in [-0.39, 0.29) is 0 Å². The third-order valence-corrected chi connectivity index (χ3v) is 7.25. The number of rotatable bonds is 47. The monoisotopic (exact) mass is 728 g/mol. The summed E-state index contributed by atoms with van der Waals surface area (Å²) in [7, 11) is 0. The van der Waals surface area contributed by atoms with E-state index in [2.05, 4.69) is 6.92 Å². The summed E-state index contributed by atoms with van der Waals surface area (Å²) < 4.78 is 65.7. The standard InChI is InChI=1S/C37H77NO12/c1-2-3-4-5-6-7-8-9-10-11-12-14-39-16-18-41-20-22-43-24-26-45-28-30-47-32-34-49-36-37-50-35-33-48-31-29-46-27-25-44-23-21-42-19-17-40-15-13-38/h2-38H2,1H3.